The molecule has 0 bridgehead atoms. The van der Waals surface area contributed by atoms with E-state index in [1.165, 1.54) is 10.9 Å². The Hall–Kier alpha value is -3.28. The third-order valence-corrected chi connectivity index (χ3v) is 6.43. The minimum Gasteiger partial charge on any atom is -0.394 e. The van der Waals surface area contributed by atoms with Gasteiger partial charge in [0, 0.05) is 17.5 Å². The quantitative estimate of drug-likeness (QED) is 0.258. The highest BCUT2D eigenvalue weighted by molar-refractivity contribution is 6.30. The number of rotatable bonds is 7. The van der Waals surface area contributed by atoms with Crippen molar-refractivity contribution in [1.82, 2.24) is 19.5 Å². The molecule has 11 heteroatoms. The van der Waals surface area contributed by atoms with E-state index in [-0.39, 0.29) is 11.9 Å². The molecule has 1 fully saturated rings. The molecule has 35 heavy (non-hydrogen) atoms. The molecule has 182 valence electrons. The van der Waals surface area contributed by atoms with Gasteiger partial charge in [-0.15, -0.1) is 0 Å². The van der Waals surface area contributed by atoms with E-state index in [4.69, 9.17) is 22.1 Å². The SMILES string of the molecule is Nc1nc(NCC(c2ccccc2)c2ccc(Cl)cc2)c2ncn([C@@H]3O[C@H](CO)[C@@H](O)[C@H]3O)c2n1. The van der Waals surface area contributed by atoms with Gasteiger partial charge in [-0.05, 0) is 23.3 Å². The molecule has 0 spiro atoms. The van der Waals surface area contributed by atoms with Crippen LogP contribution in [-0.2, 0) is 4.74 Å². The van der Waals surface area contributed by atoms with Crippen molar-refractivity contribution in [1.29, 1.82) is 0 Å². The zero-order valence-electron chi connectivity index (χ0n) is 18.6. The highest BCUT2D eigenvalue weighted by Gasteiger charge is 2.44. The number of nitrogens with zero attached hydrogens (tertiary/aromatic N) is 4. The normalized spacial score (nSPS) is 23.0. The van der Waals surface area contributed by atoms with Crippen molar-refractivity contribution >= 4 is 34.5 Å². The van der Waals surface area contributed by atoms with E-state index in [2.05, 4.69) is 32.4 Å². The van der Waals surface area contributed by atoms with E-state index in [0.29, 0.717) is 28.5 Å². The highest BCUT2D eigenvalue weighted by Crippen LogP contribution is 2.33. The topological polar surface area (TPSA) is 152 Å². The number of anilines is 2. The summed E-state index contributed by atoms with van der Waals surface area (Å²) in [4.78, 5) is 13.0. The molecule has 3 heterocycles. The molecule has 1 aliphatic rings. The molecular weight excluding hydrogens is 472 g/mol. The monoisotopic (exact) mass is 496 g/mol. The number of imidazole rings is 1. The van der Waals surface area contributed by atoms with Gasteiger partial charge in [0.05, 0.1) is 12.9 Å². The molecule has 0 radical (unpaired) electrons. The average Bonchev–Trinajstić information content (AvgIpc) is 3.41. The molecule has 5 atom stereocenters. The Bertz CT molecular complexity index is 1300. The zero-order valence-corrected chi connectivity index (χ0v) is 19.3. The third kappa shape index (κ3) is 4.54. The third-order valence-electron chi connectivity index (χ3n) is 6.18. The van der Waals surface area contributed by atoms with Crippen molar-refractivity contribution in [2.24, 2.45) is 0 Å². The maximum atomic E-state index is 10.4. The van der Waals surface area contributed by atoms with Crippen LogP contribution in [0.5, 0.6) is 0 Å². The van der Waals surface area contributed by atoms with Crippen LogP contribution >= 0.6 is 11.6 Å². The number of ether oxygens (including phenoxy) is 1. The molecule has 0 saturated carbocycles. The van der Waals surface area contributed by atoms with Crippen LogP contribution in [0.3, 0.4) is 0 Å². The van der Waals surface area contributed by atoms with Gasteiger partial charge >= 0.3 is 0 Å². The number of nitrogen functional groups attached to an aromatic ring is 1. The summed E-state index contributed by atoms with van der Waals surface area (Å²) in [6.45, 7) is 0.0504. The first kappa shape index (κ1) is 23.5. The number of hydrogen-bond donors (Lipinski definition) is 5. The molecule has 0 aliphatic carbocycles. The maximum Gasteiger partial charge on any atom is 0.224 e. The van der Waals surface area contributed by atoms with Gasteiger partial charge < -0.3 is 31.1 Å². The Kier molecular flexibility index (Phi) is 6.54. The highest BCUT2D eigenvalue weighted by atomic mass is 35.5. The van der Waals surface area contributed by atoms with E-state index in [1.54, 1.807) is 0 Å². The van der Waals surface area contributed by atoms with Crippen LogP contribution in [0.15, 0.2) is 60.9 Å². The van der Waals surface area contributed by atoms with Crippen molar-refractivity contribution in [3.63, 3.8) is 0 Å². The number of halogens is 1. The lowest BCUT2D eigenvalue weighted by atomic mass is 9.91. The molecule has 1 saturated heterocycles. The molecular formula is C24H25ClN6O4. The van der Waals surface area contributed by atoms with Crippen LogP contribution in [0.2, 0.25) is 5.02 Å². The summed E-state index contributed by atoms with van der Waals surface area (Å²) in [5.41, 5.74) is 8.94. The molecule has 6 N–H and O–H groups in total. The molecule has 0 amide bonds. The number of nitrogens with two attached hydrogens (primary N) is 1. The smallest absolute Gasteiger partial charge is 0.224 e. The van der Waals surface area contributed by atoms with Gasteiger partial charge in [0.15, 0.2) is 23.2 Å². The standard InChI is InChI=1S/C24H25ClN6O4/c25-15-8-6-14(7-9-15)16(13-4-2-1-3-5-13)10-27-21-18-22(30-24(26)29-21)31(12-28-18)23-20(34)19(33)17(11-32)35-23/h1-9,12,16-17,19-20,23,32-34H,10-11H2,(H3,26,27,29,30)/t16?,17-,19-,20-,23-/m1/s1. The number of aliphatic hydroxyl groups is 3. The lowest BCUT2D eigenvalue weighted by Gasteiger charge is -2.20. The first-order valence-corrected chi connectivity index (χ1v) is 11.5. The lowest BCUT2D eigenvalue weighted by Crippen LogP contribution is -2.33. The Morgan fingerprint density at radius 1 is 1.03 bits per heavy atom. The number of aromatic nitrogens is 4. The Morgan fingerprint density at radius 2 is 1.74 bits per heavy atom. The number of aliphatic hydroxyl groups excluding tert-OH is 3. The number of fused-ring (bicyclic) bond motifs is 1. The molecule has 1 unspecified atom stereocenters. The predicted molar refractivity (Wildman–Crippen MR) is 131 cm³/mol. The van der Waals surface area contributed by atoms with E-state index in [9.17, 15) is 15.3 Å². The van der Waals surface area contributed by atoms with E-state index < -0.39 is 31.1 Å². The molecule has 1 aliphatic heterocycles. The summed E-state index contributed by atoms with van der Waals surface area (Å²) in [5, 5.41) is 34.0. The first-order chi connectivity index (χ1) is 17.0. The fourth-order valence-electron chi connectivity index (χ4n) is 4.36. The van der Waals surface area contributed by atoms with E-state index >= 15 is 0 Å². The van der Waals surface area contributed by atoms with Crippen molar-refractivity contribution in [3.8, 4) is 0 Å². The fraction of sp³-hybridized carbons (Fsp3) is 0.292. The van der Waals surface area contributed by atoms with Crippen LogP contribution in [0, 0.1) is 0 Å². The van der Waals surface area contributed by atoms with Crippen molar-refractivity contribution < 1.29 is 20.1 Å². The number of nitrogens with one attached hydrogen (secondary N) is 1. The molecule has 4 aromatic rings. The number of hydrogen-bond acceptors (Lipinski definition) is 9. The van der Waals surface area contributed by atoms with Gasteiger partial charge in [-0.1, -0.05) is 54.1 Å². The second-order valence-corrected chi connectivity index (χ2v) is 8.82. The molecule has 2 aromatic heterocycles. The average molecular weight is 497 g/mol. The summed E-state index contributed by atoms with van der Waals surface area (Å²) in [7, 11) is 0. The minimum atomic E-state index is -1.27. The molecule has 10 nitrogen and oxygen atoms in total. The van der Waals surface area contributed by atoms with Gasteiger partial charge in [-0.25, -0.2) is 4.98 Å². The fourth-order valence-corrected chi connectivity index (χ4v) is 4.49. The number of benzene rings is 2. The summed E-state index contributed by atoms with van der Waals surface area (Å²) in [6.07, 6.45) is -2.98. The Labute approximate surface area is 206 Å². The second-order valence-electron chi connectivity index (χ2n) is 8.38. The van der Waals surface area contributed by atoms with Crippen LogP contribution in [0.4, 0.5) is 11.8 Å². The van der Waals surface area contributed by atoms with Crippen molar-refractivity contribution in [2.75, 3.05) is 24.2 Å². The molecule has 2 aromatic carbocycles. The second kappa shape index (κ2) is 9.76. The predicted octanol–water partition coefficient (Wildman–Crippen LogP) is 1.92. The van der Waals surface area contributed by atoms with E-state index in [1.807, 2.05) is 42.5 Å². The van der Waals surface area contributed by atoms with Crippen LogP contribution in [-0.4, -0.2) is 66.3 Å². The van der Waals surface area contributed by atoms with Crippen LogP contribution in [0.25, 0.3) is 11.2 Å². The van der Waals surface area contributed by atoms with Gasteiger partial charge in [0.25, 0.3) is 0 Å². The Balaban J connectivity index is 1.46. The summed E-state index contributed by atoms with van der Waals surface area (Å²) in [5.74, 6) is 0.423. The van der Waals surface area contributed by atoms with Gasteiger partial charge in [-0.3, -0.25) is 4.57 Å². The van der Waals surface area contributed by atoms with Crippen molar-refractivity contribution in [2.45, 2.75) is 30.5 Å². The van der Waals surface area contributed by atoms with Gasteiger partial charge in [0.1, 0.15) is 18.3 Å². The minimum absolute atomic E-state index is 0.0104. The Morgan fingerprint density at radius 3 is 2.43 bits per heavy atom. The first-order valence-electron chi connectivity index (χ1n) is 11.1. The summed E-state index contributed by atoms with van der Waals surface area (Å²) >= 11 is 6.10. The van der Waals surface area contributed by atoms with E-state index in [0.717, 1.165) is 11.1 Å². The lowest BCUT2D eigenvalue weighted by molar-refractivity contribution is -0.0511. The molecule has 5 rings (SSSR count). The van der Waals surface area contributed by atoms with Crippen molar-refractivity contribution in [3.05, 3.63) is 77.1 Å². The summed E-state index contributed by atoms with van der Waals surface area (Å²) in [6, 6.07) is 17.7. The maximum absolute atomic E-state index is 10.4. The van der Waals surface area contributed by atoms with Gasteiger partial charge in [0.2, 0.25) is 5.95 Å². The zero-order chi connectivity index (χ0) is 24.5. The largest absolute Gasteiger partial charge is 0.394 e. The van der Waals surface area contributed by atoms with Gasteiger partial charge in [-0.2, -0.15) is 9.97 Å². The van der Waals surface area contributed by atoms with Crippen LogP contribution in [0.1, 0.15) is 23.3 Å². The summed E-state index contributed by atoms with van der Waals surface area (Å²) < 4.78 is 7.11. The van der Waals surface area contributed by atoms with Crippen LogP contribution < -0.4 is 11.1 Å².